The molecule has 21 heavy (non-hydrogen) atoms. The van der Waals surface area contributed by atoms with E-state index in [1.165, 1.54) is 15.6 Å². The molecular weight excluding hydrogens is 340 g/mol. The van der Waals surface area contributed by atoms with Gasteiger partial charge < -0.3 is 4.43 Å². The number of hydrogen-bond donors (Lipinski definition) is 0. The van der Waals surface area contributed by atoms with Gasteiger partial charge in [-0.25, -0.2) is 0 Å². The molecule has 0 fully saturated rings. The summed E-state index contributed by atoms with van der Waals surface area (Å²) < 4.78 is 8.15. The van der Waals surface area contributed by atoms with Crippen molar-refractivity contribution in [1.29, 1.82) is 0 Å². The molecule has 0 aliphatic heterocycles. The molecule has 1 unspecified atom stereocenters. The summed E-state index contributed by atoms with van der Waals surface area (Å²) in [5, 5.41) is 0. The fourth-order valence-corrected chi connectivity index (χ4v) is 10.2. The van der Waals surface area contributed by atoms with Crippen molar-refractivity contribution >= 4 is 24.2 Å². The van der Waals surface area contributed by atoms with E-state index in [-0.39, 0.29) is 0 Å². The lowest BCUT2D eigenvalue weighted by atomic mass is 10.1. The van der Waals surface area contributed by atoms with Crippen LogP contribution in [0.25, 0.3) is 0 Å². The SMILES string of the molecule is CC(C)[Si](OC1CCc2ccc(Br)cc21)(C(C)C)C(C)C. The van der Waals surface area contributed by atoms with E-state index in [0.717, 1.165) is 12.8 Å². The summed E-state index contributed by atoms with van der Waals surface area (Å²) in [7, 11) is -1.79. The van der Waals surface area contributed by atoms with Crippen LogP contribution in [0.1, 0.15) is 65.2 Å². The van der Waals surface area contributed by atoms with E-state index in [9.17, 15) is 0 Å². The minimum Gasteiger partial charge on any atom is -0.409 e. The summed E-state index contributed by atoms with van der Waals surface area (Å²) in [6, 6.07) is 6.68. The normalized spacial score (nSPS) is 18.9. The summed E-state index contributed by atoms with van der Waals surface area (Å²) >= 11 is 3.61. The molecule has 0 aromatic heterocycles. The van der Waals surface area contributed by atoms with Crippen molar-refractivity contribution in [3.63, 3.8) is 0 Å². The Labute approximate surface area is 139 Å². The third-order valence-electron chi connectivity index (χ3n) is 5.18. The Kier molecular flexibility index (Phi) is 5.38. The van der Waals surface area contributed by atoms with Gasteiger partial charge in [0.25, 0.3) is 0 Å². The first kappa shape index (κ1) is 17.2. The van der Waals surface area contributed by atoms with Crippen LogP contribution in [0.4, 0.5) is 0 Å². The Morgan fingerprint density at radius 3 is 2.14 bits per heavy atom. The van der Waals surface area contributed by atoms with Crippen LogP contribution >= 0.6 is 15.9 Å². The predicted octanol–water partition coefficient (Wildman–Crippen LogP) is 6.63. The summed E-state index contributed by atoms with van der Waals surface area (Å²) in [5.41, 5.74) is 4.83. The second-order valence-electron chi connectivity index (χ2n) is 7.31. The van der Waals surface area contributed by atoms with E-state index < -0.39 is 8.32 Å². The van der Waals surface area contributed by atoms with Gasteiger partial charge in [0.05, 0.1) is 6.10 Å². The van der Waals surface area contributed by atoms with Crippen molar-refractivity contribution in [3.8, 4) is 0 Å². The zero-order chi connectivity index (χ0) is 15.8. The molecule has 1 aromatic rings. The number of rotatable bonds is 5. The number of hydrogen-bond acceptors (Lipinski definition) is 1. The average molecular weight is 369 g/mol. The molecule has 0 heterocycles. The Hall–Kier alpha value is -0.123. The number of halogens is 1. The van der Waals surface area contributed by atoms with E-state index in [4.69, 9.17) is 4.43 Å². The Morgan fingerprint density at radius 1 is 1.05 bits per heavy atom. The molecule has 0 spiro atoms. The van der Waals surface area contributed by atoms with Gasteiger partial charge in [-0.2, -0.15) is 0 Å². The first-order valence-corrected chi connectivity index (χ1v) is 11.2. The molecule has 1 aliphatic rings. The van der Waals surface area contributed by atoms with Gasteiger partial charge in [0.1, 0.15) is 0 Å². The van der Waals surface area contributed by atoms with E-state index in [1.807, 2.05) is 0 Å². The van der Waals surface area contributed by atoms with Gasteiger partial charge in [-0.05, 0) is 52.7 Å². The number of fused-ring (bicyclic) bond motifs is 1. The average Bonchev–Trinajstić information content (AvgIpc) is 2.76. The maximum atomic E-state index is 6.98. The van der Waals surface area contributed by atoms with Crippen molar-refractivity contribution < 1.29 is 4.43 Å². The minimum absolute atomic E-state index is 0.302. The van der Waals surface area contributed by atoms with Crippen LogP contribution in [0, 0.1) is 0 Å². The maximum Gasteiger partial charge on any atom is 0.201 e. The Bertz CT molecular complexity index is 474. The second-order valence-corrected chi connectivity index (χ2v) is 13.6. The van der Waals surface area contributed by atoms with Gasteiger partial charge in [0.15, 0.2) is 0 Å². The molecule has 118 valence electrons. The van der Waals surface area contributed by atoms with Gasteiger partial charge in [-0.3, -0.25) is 0 Å². The molecule has 0 saturated heterocycles. The molecule has 0 bridgehead atoms. The molecule has 0 saturated carbocycles. The van der Waals surface area contributed by atoms with E-state index in [0.29, 0.717) is 22.7 Å². The zero-order valence-corrected chi connectivity index (χ0v) is 16.8. The monoisotopic (exact) mass is 368 g/mol. The maximum absolute atomic E-state index is 6.98. The summed E-state index contributed by atoms with van der Waals surface area (Å²) in [4.78, 5) is 0. The standard InChI is InChI=1S/C18H29BrOSi/c1-12(2)21(13(3)4,14(5)6)20-18-10-8-15-7-9-16(19)11-17(15)18/h7,9,11-14,18H,8,10H2,1-6H3. The minimum atomic E-state index is -1.79. The van der Waals surface area contributed by atoms with Crippen LogP contribution in [0.3, 0.4) is 0 Å². The van der Waals surface area contributed by atoms with Crippen molar-refractivity contribution in [2.24, 2.45) is 0 Å². The lowest BCUT2D eigenvalue weighted by molar-refractivity contribution is 0.177. The van der Waals surface area contributed by atoms with Crippen LogP contribution in [-0.4, -0.2) is 8.32 Å². The van der Waals surface area contributed by atoms with Crippen molar-refractivity contribution in [2.75, 3.05) is 0 Å². The Morgan fingerprint density at radius 2 is 1.62 bits per heavy atom. The highest BCUT2D eigenvalue weighted by molar-refractivity contribution is 9.10. The van der Waals surface area contributed by atoms with Crippen molar-refractivity contribution in [3.05, 3.63) is 33.8 Å². The lowest BCUT2D eigenvalue weighted by Crippen LogP contribution is -2.48. The molecule has 1 aliphatic carbocycles. The van der Waals surface area contributed by atoms with Gasteiger partial charge in [0, 0.05) is 4.47 Å². The number of benzene rings is 1. The van der Waals surface area contributed by atoms with Crippen LogP contribution < -0.4 is 0 Å². The van der Waals surface area contributed by atoms with E-state index in [2.05, 4.69) is 75.7 Å². The molecule has 2 rings (SSSR count). The molecular formula is C18H29BrOSi. The van der Waals surface area contributed by atoms with Gasteiger partial charge in [0.2, 0.25) is 8.32 Å². The highest BCUT2D eigenvalue weighted by atomic mass is 79.9. The molecule has 0 radical (unpaired) electrons. The van der Waals surface area contributed by atoms with E-state index >= 15 is 0 Å². The largest absolute Gasteiger partial charge is 0.409 e. The van der Waals surface area contributed by atoms with Crippen molar-refractivity contribution in [2.45, 2.75) is 77.1 Å². The van der Waals surface area contributed by atoms with Crippen LogP contribution in [0.5, 0.6) is 0 Å². The number of aryl methyl sites for hydroxylation is 1. The topological polar surface area (TPSA) is 9.23 Å². The zero-order valence-electron chi connectivity index (χ0n) is 14.2. The molecule has 1 nitrogen and oxygen atoms in total. The molecule has 0 amide bonds. The van der Waals surface area contributed by atoms with Gasteiger partial charge in [-0.1, -0.05) is 63.5 Å². The Balaban J connectivity index is 2.34. The summed E-state index contributed by atoms with van der Waals surface area (Å²) in [5.74, 6) is 0. The van der Waals surface area contributed by atoms with Crippen LogP contribution in [0.15, 0.2) is 22.7 Å². The molecule has 1 atom stereocenters. The summed E-state index contributed by atoms with van der Waals surface area (Å²) in [6.07, 6.45) is 2.61. The fourth-order valence-electron chi connectivity index (χ4n) is 4.31. The predicted molar refractivity (Wildman–Crippen MR) is 97.3 cm³/mol. The van der Waals surface area contributed by atoms with E-state index in [1.54, 1.807) is 0 Å². The third kappa shape index (κ3) is 3.15. The smallest absolute Gasteiger partial charge is 0.201 e. The molecule has 0 N–H and O–H groups in total. The second kappa shape index (κ2) is 6.55. The summed E-state index contributed by atoms with van der Waals surface area (Å²) in [6.45, 7) is 14.2. The van der Waals surface area contributed by atoms with Crippen LogP contribution in [0.2, 0.25) is 16.6 Å². The highest BCUT2D eigenvalue weighted by Crippen LogP contribution is 2.48. The molecule has 1 aromatic carbocycles. The van der Waals surface area contributed by atoms with Crippen molar-refractivity contribution in [1.82, 2.24) is 0 Å². The van der Waals surface area contributed by atoms with Gasteiger partial charge in [-0.15, -0.1) is 0 Å². The first-order valence-electron chi connectivity index (χ1n) is 8.25. The first-order chi connectivity index (χ1) is 9.79. The lowest BCUT2D eigenvalue weighted by Gasteiger charge is -2.44. The fraction of sp³-hybridized carbons (Fsp3) is 0.667. The quantitative estimate of drug-likeness (QED) is 0.529. The highest BCUT2D eigenvalue weighted by Gasteiger charge is 2.47. The third-order valence-corrected chi connectivity index (χ3v) is 11.8. The van der Waals surface area contributed by atoms with Gasteiger partial charge >= 0.3 is 0 Å². The molecule has 3 heteroatoms. The van der Waals surface area contributed by atoms with Crippen LogP contribution in [-0.2, 0) is 10.8 Å².